The summed E-state index contributed by atoms with van der Waals surface area (Å²) in [6.07, 6.45) is 1.15. The molecule has 0 saturated carbocycles. The highest BCUT2D eigenvalue weighted by molar-refractivity contribution is 7.09. The summed E-state index contributed by atoms with van der Waals surface area (Å²) >= 11 is 1.79. The lowest BCUT2D eigenvalue weighted by Gasteiger charge is -2.37. The molecule has 1 fully saturated rings. The molecule has 0 radical (unpaired) electrons. The first-order valence-electron chi connectivity index (χ1n) is 6.03. The van der Waals surface area contributed by atoms with Crippen LogP contribution in [0.25, 0.3) is 0 Å². The normalized spacial score (nSPS) is 25.6. The third-order valence-corrected chi connectivity index (χ3v) is 4.36. The Hall–Kier alpha value is -0.160. The van der Waals surface area contributed by atoms with Gasteiger partial charge in [0.15, 0.2) is 0 Å². The van der Waals surface area contributed by atoms with Crippen molar-refractivity contribution in [2.75, 3.05) is 19.6 Å². The van der Waals surface area contributed by atoms with Crippen LogP contribution in [-0.4, -0.2) is 41.6 Å². The standard InChI is InChI=1S/C12H21N3S.ClH/c1-9-7-15(10(2)6-13-9)5-4-12-11(3)14-8-16-12;/h8-10,13H,4-7H2,1-3H3;1H. The Balaban J connectivity index is 0.00000144. The molecule has 0 aliphatic carbocycles. The van der Waals surface area contributed by atoms with Gasteiger partial charge < -0.3 is 5.32 Å². The molecule has 2 heterocycles. The Morgan fingerprint density at radius 1 is 1.53 bits per heavy atom. The Morgan fingerprint density at radius 2 is 2.29 bits per heavy atom. The molecule has 17 heavy (non-hydrogen) atoms. The molecule has 0 amide bonds. The molecule has 2 rings (SSSR count). The second-order valence-electron chi connectivity index (χ2n) is 4.76. The summed E-state index contributed by atoms with van der Waals surface area (Å²) in [5.41, 5.74) is 3.16. The Labute approximate surface area is 114 Å². The summed E-state index contributed by atoms with van der Waals surface area (Å²) in [5.74, 6) is 0. The van der Waals surface area contributed by atoms with E-state index in [0.717, 1.165) is 19.5 Å². The van der Waals surface area contributed by atoms with Crippen LogP contribution in [-0.2, 0) is 6.42 Å². The van der Waals surface area contributed by atoms with Crippen molar-refractivity contribution in [2.45, 2.75) is 39.3 Å². The lowest BCUT2D eigenvalue weighted by atomic mass is 10.1. The zero-order valence-corrected chi connectivity index (χ0v) is 12.4. The van der Waals surface area contributed by atoms with E-state index in [4.69, 9.17) is 0 Å². The van der Waals surface area contributed by atoms with Crippen LogP contribution in [0.4, 0.5) is 0 Å². The Morgan fingerprint density at radius 3 is 2.94 bits per heavy atom. The van der Waals surface area contributed by atoms with Crippen molar-refractivity contribution in [3.8, 4) is 0 Å². The summed E-state index contributed by atoms with van der Waals surface area (Å²) in [7, 11) is 0. The average Bonchev–Trinajstić information content (AvgIpc) is 2.66. The van der Waals surface area contributed by atoms with Gasteiger partial charge in [0, 0.05) is 36.6 Å². The van der Waals surface area contributed by atoms with Gasteiger partial charge in [-0.25, -0.2) is 4.98 Å². The van der Waals surface area contributed by atoms with Gasteiger partial charge in [-0.3, -0.25) is 4.90 Å². The highest BCUT2D eigenvalue weighted by atomic mass is 35.5. The SMILES string of the molecule is Cc1ncsc1CCN1CC(C)NCC1C.Cl. The minimum absolute atomic E-state index is 0. The van der Waals surface area contributed by atoms with E-state index >= 15 is 0 Å². The van der Waals surface area contributed by atoms with Gasteiger partial charge in [-0.05, 0) is 27.2 Å². The molecule has 1 aliphatic rings. The summed E-state index contributed by atoms with van der Waals surface area (Å²) in [6, 6.07) is 1.28. The molecule has 1 aromatic rings. The Kier molecular flexibility index (Phi) is 5.86. The number of hydrogen-bond acceptors (Lipinski definition) is 4. The predicted octanol–water partition coefficient (Wildman–Crippen LogP) is 2.10. The van der Waals surface area contributed by atoms with E-state index in [-0.39, 0.29) is 12.4 Å². The second kappa shape index (κ2) is 6.69. The third kappa shape index (κ3) is 3.91. The highest BCUT2D eigenvalue weighted by Gasteiger charge is 2.21. The van der Waals surface area contributed by atoms with Crippen molar-refractivity contribution in [1.82, 2.24) is 15.2 Å². The van der Waals surface area contributed by atoms with Crippen LogP contribution in [0.2, 0.25) is 0 Å². The smallest absolute Gasteiger partial charge is 0.0797 e. The van der Waals surface area contributed by atoms with E-state index in [1.54, 1.807) is 11.3 Å². The van der Waals surface area contributed by atoms with Crippen LogP contribution in [0.5, 0.6) is 0 Å². The number of aryl methyl sites for hydroxylation is 1. The first-order chi connectivity index (χ1) is 7.66. The van der Waals surface area contributed by atoms with Crippen molar-refractivity contribution in [1.29, 1.82) is 0 Å². The number of nitrogens with one attached hydrogen (secondary N) is 1. The van der Waals surface area contributed by atoms with E-state index in [1.807, 2.05) is 5.51 Å². The van der Waals surface area contributed by atoms with E-state index in [9.17, 15) is 0 Å². The highest BCUT2D eigenvalue weighted by Crippen LogP contribution is 2.15. The lowest BCUT2D eigenvalue weighted by Crippen LogP contribution is -2.54. The largest absolute Gasteiger partial charge is 0.311 e. The predicted molar refractivity (Wildman–Crippen MR) is 76.3 cm³/mol. The fourth-order valence-electron chi connectivity index (χ4n) is 2.22. The Bertz CT molecular complexity index is 342. The number of halogens is 1. The van der Waals surface area contributed by atoms with Crippen molar-refractivity contribution >= 4 is 23.7 Å². The van der Waals surface area contributed by atoms with Gasteiger partial charge in [-0.15, -0.1) is 23.7 Å². The lowest BCUT2D eigenvalue weighted by molar-refractivity contribution is 0.148. The maximum absolute atomic E-state index is 4.30. The molecule has 1 aliphatic heterocycles. The van der Waals surface area contributed by atoms with Gasteiger partial charge in [0.25, 0.3) is 0 Å². The van der Waals surface area contributed by atoms with Crippen LogP contribution in [0.1, 0.15) is 24.4 Å². The molecule has 0 bridgehead atoms. The van der Waals surface area contributed by atoms with Crippen molar-refractivity contribution in [3.63, 3.8) is 0 Å². The van der Waals surface area contributed by atoms with Gasteiger partial charge >= 0.3 is 0 Å². The summed E-state index contributed by atoms with van der Waals surface area (Å²) in [4.78, 5) is 8.33. The van der Waals surface area contributed by atoms with Crippen LogP contribution in [0.15, 0.2) is 5.51 Å². The maximum atomic E-state index is 4.30. The molecule has 98 valence electrons. The number of aromatic nitrogens is 1. The molecule has 0 spiro atoms. The molecular weight excluding hydrogens is 254 g/mol. The number of nitrogens with zero attached hydrogens (tertiary/aromatic N) is 2. The van der Waals surface area contributed by atoms with Gasteiger partial charge in [0.05, 0.1) is 11.2 Å². The number of rotatable bonds is 3. The maximum Gasteiger partial charge on any atom is 0.0797 e. The van der Waals surface area contributed by atoms with Crippen LogP contribution < -0.4 is 5.32 Å². The molecule has 3 nitrogen and oxygen atoms in total. The van der Waals surface area contributed by atoms with E-state index in [0.29, 0.717) is 12.1 Å². The first kappa shape index (κ1) is 14.9. The van der Waals surface area contributed by atoms with Crippen molar-refractivity contribution < 1.29 is 0 Å². The van der Waals surface area contributed by atoms with E-state index in [1.165, 1.54) is 17.1 Å². The molecule has 2 atom stereocenters. The minimum atomic E-state index is 0. The van der Waals surface area contributed by atoms with Crippen molar-refractivity contribution in [2.24, 2.45) is 0 Å². The third-order valence-electron chi connectivity index (χ3n) is 3.36. The first-order valence-corrected chi connectivity index (χ1v) is 6.91. The zero-order chi connectivity index (χ0) is 11.5. The van der Waals surface area contributed by atoms with Gasteiger partial charge in [0.1, 0.15) is 0 Å². The molecular formula is C12H22ClN3S. The molecule has 5 heteroatoms. The minimum Gasteiger partial charge on any atom is -0.311 e. The summed E-state index contributed by atoms with van der Waals surface area (Å²) in [5, 5.41) is 3.51. The second-order valence-corrected chi connectivity index (χ2v) is 5.70. The number of thiazole rings is 1. The zero-order valence-electron chi connectivity index (χ0n) is 10.8. The van der Waals surface area contributed by atoms with Gasteiger partial charge in [-0.1, -0.05) is 0 Å². The molecule has 2 unspecified atom stereocenters. The topological polar surface area (TPSA) is 28.2 Å². The number of piperazine rings is 1. The van der Waals surface area contributed by atoms with Gasteiger partial charge in [-0.2, -0.15) is 0 Å². The molecule has 1 N–H and O–H groups in total. The average molecular weight is 276 g/mol. The molecule has 1 saturated heterocycles. The summed E-state index contributed by atoms with van der Waals surface area (Å²) in [6.45, 7) is 10.1. The summed E-state index contributed by atoms with van der Waals surface area (Å²) < 4.78 is 0. The van der Waals surface area contributed by atoms with Crippen molar-refractivity contribution in [3.05, 3.63) is 16.1 Å². The quantitative estimate of drug-likeness (QED) is 0.916. The fourth-order valence-corrected chi connectivity index (χ4v) is 2.99. The van der Waals surface area contributed by atoms with E-state index < -0.39 is 0 Å². The molecule has 1 aromatic heterocycles. The number of hydrogen-bond donors (Lipinski definition) is 1. The van der Waals surface area contributed by atoms with Crippen LogP contribution in [0, 0.1) is 6.92 Å². The molecule has 0 aromatic carbocycles. The monoisotopic (exact) mass is 275 g/mol. The van der Waals surface area contributed by atoms with Crippen LogP contribution >= 0.6 is 23.7 Å². The van der Waals surface area contributed by atoms with Crippen LogP contribution in [0.3, 0.4) is 0 Å². The fraction of sp³-hybridized carbons (Fsp3) is 0.750. The van der Waals surface area contributed by atoms with E-state index in [2.05, 4.69) is 36.0 Å². The van der Waals surface area contributed by atoms with Gasteiger partial charge in [0.2, 0.25) is 0 Å².